The van der Waals surface area contributed by atoms with Crippen LogP contribution in [0.4, 0.5) is 0 Å². The van der Waals surface area contributed by atoms with Gasteiger partial charge in [-0.25, -0.2) is 5.84 Å². The number of benzene rings is 1. The quantitative estimate of drug-likeness (QED) is 0.352. The van der Waals surface area contributed by atoms with Gasteiger partial charge in [0.2, 0.25) is 11.8 Å². The number of nitrogens with zero attached hydrogens (tertiary/aromatic N) is 1. The summed E-state index contributed by atoms with van der Waals surface area (Å²) >= 11 is 0. The highest BCUT2D eigenvalue weighted by atomic mass is 16.2. The number of hydrogen-bond donors (Lipinski definition) is 3. The maximum absolute atomic E-state index is 11.1. The number of rotatable bonds is 7. The standard InChI is InChI=1S/C13H20N4O2/c1-2-17(9-12(14)18)8-11-5-3-10(4-6-11)7-13(19)16-15/h3-6H,2,7-9,15H2,1H3,(H2,14,18)(H,16,19). The Labute approximate surface area is 112 Å². The predicted octanol–water partition coefficient (Wildman–Crippen LogP) is -0.474. The van der Waals surface area contributed by atoms with Crippen LogP contribution in [0.3, 0.4) is 0 Å². The monoisotopic (exact) mass is 264 g/mol. The molecule has 2 amide bonds. The number of primary amides is 1. The Morgan fingerprint density at radius 1 is 1.21 bits per heavy atom. The first kappa shape index (κ1) is 15.1. The molecule has 19 heavy (non-hydrogen) atoms. The van der Waals surface area contributed by atoms with E-state index in [1.165, 1.54) is 0 Å². The maximum atomic E-state index is 11.1. The SMILES string of the molecule is CCN(CC(N)=O)Cc1ccc(CC(=O)NN)cc1. The lowest BCUT2D eigenvalue weighted by Crippen LogP contribution is -2.33. The Kier molecular flexibility index (Phi) is 5.98. The van der Waals surface area contributed by atoms with Crippen molar-refractivity contribution in [1.29, 1.82) is 0 Å². The summed E-state index contributed by atoms with van der Waals surface area (Å²) in [6.45, 7) is 3.62. The fraction of sp³-hybridized carbons (Fsp3) is 0.385. The molecule has 0 fully saturated rings. The zero-order valence-electron chi connectivity index (χ0n) is 11.1. The van der Waals surface area contributed by atoms with Gasteiger partial charge in [0.05, 0.1) is 13.0 Å². The van der Waals surface area contributed by atoms with Gasteiger partial charge in [0.25, 0.3) is 0 Å². The van der Waals surface area contributed by atoms with E-state index in [9.17, 15) is 9.59 Å². The van der Waals surface area contributed by atoms with E-state index in [2.05, 4.69) is 5.43 Å². The molecular weight excluding hydrogens is 244 g/mol. The summed E-state index contributed by atoms with van der Waals surface area (Å²) in [6.07, 6.45) is 0.259. The topological polar surface area (TPSA) is 101 Å². The van der Waals surface area contributed by atoms with Crippen LogP contribution in [0.5, 0.6) is 0 Å². The third kappa shape index (κ3) is 5.50. The van der Waals surface area contributed by atoms with Crippen molar-refractivity contribution in [3.63, 3.8) is 0 Å². The third-order valence-corrected chi connectivity index (χ3v) is 2.78. The fourth-order valence-electron chi connectivity index (χ4n) is 1.76. The van der Waals surface area contributed by atoms with Gasteiger partial charge in [-0.2, -0.15) is 0 Å². The van der Waals surface area contributed by atoms with Gasteiger partial charge in [-0.05, 0) is 17.7 Å². The second kappa shape index (κ2) is 7.50. The van der Waals surface area contributed by atoms with Crippen LogP contribution in [0, 0.1) is 0 Å². The van der Waals surface area contributed by atoms with Crippen LogP contribution >= 0.6 is 0 Å². The summed E-state index contributed by atoms with van der Waals surface area (Å²) in [5, 5.41) is 0. The van der Waals surface area contributed by atoms with E-state index in [0.29, 0.717) is 6.54 Å². The average Bonchev–Trinajstić information content (AvgIpc) is 2.39. The lowest BCUT2D eigenvalue weighted by atomic mass is 10.1. The van der Waals surface area contributed by atoms with Crippen molar-refractivity contribution in [1.82, 2.24) is 10.3 Å². The van der Waals surface area contributed by atoms with Gasteiger partial charge in [-0.15, -0.1) is 0 Å². The summed E-state index contributed by atoms with van der Waals surface area (Å²) in [5.74, 6) is 4.47. The van der Waals surface area contributed by atoms with E-state index in [0.717, 1.165) is 17.7 Å². The molecule has 1 aromatic carbocycles. The van der Waals surface area contributed by atoms with Gasteiger partial charge in [-0.1, -0.05) is 31.2 Å². The number of likely N-dealkylation sites (N-methyl/N-ethyl adjacent to an activating group) is 1. The molecule has 6 heteroatoms. The second-order valence-electron chi connectivity index (χ2n) is 4.33. The average molecular weight is 264 g/mol. The molecule has 0 aromatic heterocycles. The Morgan fingerprint density at radius 3 is 2.26 bits per heavy atom. The molecule has 0 aliphatic heterocycles. The molecular formula is C13H20N4O2. The number of carbonyl (C=O) groups is 2. The van der Waals surface area contributed by atoms with E-state index in [1.807, 2.05) is 36.1 Å². The van der Waals surface area contributed by atoms with Crippen LogP contribution in [0.15, 0.2) is 24.3 Å². The molecule has 0 heterocycles. The highest BCUT2D eigenvalue weighted by Crippen LogP contribution is 2.08. The third-order valence-electron chi connectivity index (χ3n) is 2.78. The van der Waals surface area contributed by atoms with Gasteiger partial charge >= 0.3 is 0 Å². The lowest BCUT2D eigenvalue weighted by molar-refractivity contribution is -0.120. The van der Waals surface area contributed by atoms with E-state index >= 15 is 0 Å². The van der Waals surface area contributed by atoms with Crippen molar-refractivity contribution >= 4 is 11.8 Å². The Hall–Kier alpha value is -1.92. The van der Waals surface area contributed by atoms with Gasteiger partial charge in [0.1, 0.15) is 0 Å². The van der Waals surface area contributed by atoms with Gasteiger partial charge in [0.15, 0.2) is 0 Å². The number of hydrazine groups is 1. The largest absolute Gasteiger partial charge is 0.369 e. The Balaban J connectivity index is 2.60. The highest BCUT2D eigenvalue weighted by molar-refractivity contribution is 5.77. The minimum atomic E-state index is -0.335. The summed E-state index contributed by atoms with van der Waals surface area (Å²) in [4.78, 5) is 24.0. The van der Waals surface area contributed by atoms with E-state index in [1.54, 1.807) is 0 Å². The van der Waals surface area contributed by atoms with Crippen LogP contribution in [0.25, 0.3) is 0 Å². The normalized spacial score (nSPS) is 10.5. The van der Waals surface area contributed by atoms with Crippen molar-refractivity contribution in [2.45, 2.75) is 19.9 Å². The molecule has 0 radical (unpaired) electrons. The highest BCUT2D eigenvalue weighted by Gasteiger charge is 2.07. The van der Waals surface area contributed by atoms with Crippen molar-refractivity contribution in [2.24, 2.45) is 11.6 Å². The number of nitrogens with one attached hydrogen (secondary N) is 1. The lowest BCUT2D eigenvalue weighted by Gasteiger charge is -2.18. The summed E-state index contributed by atoms with van der Waals surface area (Å²) < 4.78 is 0. The predicted molar refractivity (Wildman–Crippen MR) is 72.6 cm³/mol. The minimum absolute atomic E-state index is 0.225. The van der Waals surface area contributed by atoms with Crippen molar-refractivity contribution in [2.75, 3.05) is 13.1 Å². The maximum Gasteiger partial charge on any atom is 0.238 e. The number of amides is 2. The molecule has 0 saturated heterocycles. The second-order valence-corrected chi connectivity index (χ2v) is 4.33. The van der Waals surface area contributed by atoms with Crippen LogP contribution < -0.4 is 17.0 Å². The number of carbonyl (C=O) groups excluding carboxylic acids is 2. The van der Waals surface area contributed by atoms with E-state index < -0.39 is 0 Å². The number of hydrogen-bond acceptors (Lipinski definition) is 4. The van der Waals surface area contributed by atoms with Crippen LogP contribution in [0.1, 0.15) is 18.1 Å². The van der Waals surface area contributed by atoms with Crippen LogP contribution in [-0.4, -0.2) is 29.8 Å². The van der Waals surface area contributed by atoms with Gasteiger partial charge < -0.3 is 5.73 Å². The smallest absolute Gasteiger partial charge is 0.238 e. The molecule has 6 nitrogen and oxygen atoms in total. The van der Waals surface area contributed by atoms with Crippen molar-refractivity contribution in [3.8, 4) is 0 Å². The molecule has 1 rings (SSSR count). The van der Waals surface area contributed by atoms with Gasteiger partial charge in [-0.3, -0.25) is 19.9 Å². The molecule has 0 bridgehead atoms. The molecule has 104 valence electrons. The molecule has 1 aromatic rings. The minimum Gasteiger partial charge on any atom is -0.369 e. The van der Waals surface area contributed by atoms with Crippen molar-refractivity contribution < 1.29 is 9.59 Å². The van der Waals surface area contributed by atoms with Gasteiger partial charge in [0, 0.05) is 6.54 Å². The van der Waals surface area contributed by atoms with Crippen molar-refractivity contribution in [3.05, 3.63) is 35.4 Å². The molecule has 5 N–H and O–H groups in total. The first-order chi connectivity index (χ1) is 9.05. The molecule has 0 atom stereocenters. The first-order valence-electron chi connectivity index (χ1n) is 6.13. The van der Waals surface area contributed by atoms with E-state index in [4.69, 9.17) is 11.6 Å². The van der Waals surface area contributed by atoms with E-state index in [-0.39, 0.29) is 24.8 Å². The molecule has 0 spiro atoms. The summed E-state index contributed by atoms with van der Waals surface area (Å²) in [7, 11) is 0. The zero-order valence-corrected chi connectivity index (χ0v) is 11.1. The zero-order chi connectivity index (χ0) is 14.3. The Bertz CT molecular complexity index is 431. The fourth-order valence-corrected chi connectivity index (χ4v) is 1.76. The van der Waals surface area contributed by atoms with Crippen LogP contribution in [-0.2, 0) is 22.6 Å². The summed E-state index contributed by atoms with van der Waals surface area (Å²) in [5.41, 5.74) is 9.24. The molecule has 0 saturated carbocycles. The summed E-state index contributed by atoms with van der Waals surface area (Å²) in [6, 6.07) is 7.62. The Morgan fingerprint density at radius 2 is 1.79 bits per heavy atom. The molecule has 0 unspecified atom stereocenters. The first-order valence-corrected chi connectivity index (χ1v) is 6.13. The molecule has 0 aliphatic rings. The number of nitrogens with two attached hydrogens (primary N) is 2. The molecule has 0 aliphatic carbocycles. The van der Waals surface area contributed by atoms with Crippen LogP contribution in [0.2, 0.25) is 0 Å².